The van der Waals surface area contributed by atoms with Crippen LogP contribution in [0.5, 0.6) is 0 Å². The van der Waals surface area contributed by atoms with E-state index in [0.717, 1.165) is 11.1 Å². The van der Waals surface area contributed by atoms with Crippen molar-refractivity contribution in [1.29, 1.82) is 0 Å². The minimum Gasteiger partial charge on any atom is -0.409 e. The van der Waals surface area contributed by atoms with Crippen LogP contribution in [0.15, 0.2) is 81.2 Å². The summed E-state index contributed by atoms with van der Waals surface area (Å²) in [6, 6.07) is 17.1. The summed E-state index contributed by atoms with van der Waals surface area (Å²) in [5.74, 6) is 0.991. The minimum absolute atomic E-state index is 0.153. The summed E-state index contributed by atoms with van der Waals surface area (Å²) < 4.78 is 7.24. The van der Waals surface area contributed by atoms with Crippen LogP contribution >= 0.6 is 11.8 Å². The highest BCUT2D eigenvalue weighted by Crippen LogP contribution is 2.27. The van der Waals surface area contributed by atoms with E-state index in [4.69, 9.17) is 4.42 Å². The van der Waals surface area contributed by atoms with E-state index in [-0.39, 0.29) is 5.56 Å². The molecule has 0 fully saturated rings. The Bertz CT molecular complexity index is 1200. The molecule has 0 saturated heterocycles. The molecule has 0 atom stereocenters. The number of hydrogen-bond acceptors (Lipinski definition) is 6. The van der Waals surface area contributed by atoms with E-state index in [9.17, 15) is 4.79 Å². The average molecular weight is 390 g/mol. The van der Waals surface area contributed by atoms with E-state index in [1.165, 1.54) is 16.4 Å². The highest BCUT2D eigenvalue weighted by Gasteiger charge is 2.17. The third-order valence-electron chi connectivity index (χ3n) is 4.09. The number of benzene rings is 2. The monoisotopic (exact) mass is 390 g/mol. The Balaban J connectivity index is 1.80. The van der Waals surface area contributed by atoms with Gasteiger partial charge in [0, 0.05) is 11.1 Å². The lowest BCUT2D eigenvalue weighted by Gasteiger charge is -2.09. The van der Waals surface area contributed by atoms with Crippen LogP contribution in [-0.4, -0.2) is 25.7 Å². The summed E-state index contributed by atoms with van der Waals surface area (Å²) in [4.78, 5) is 12.9. The molecule has 0 bridgehead atoms. The summed E-state index contributed by atoms with van der Waals surface area (Å²) in [7, 11) is 0. The third kappa shape index (κ3) is 3.75. The molecule has 0 amide bonds. The molecule has 7 heteroatoms. The molecule has 4 rings (SSSR count). The molecule has 0 saturated carbocycles. The predicted molar refractivity (Wildman–Crippen MR) is 110 cm³/mol. The van der Waals surface area contributed by atoms with Crippen LogP contribution in [0, 0.1) is 0 Å². The van der Waals surface area contributed by atoms with Crippen LogP contribution in [0.1, 0.15) is 12.5 Å². The fourth-order valence-corrected chi connectivity index (χ4v) is 3.41. The lowest BCUT2D eigenvalue weighted by atomic mass is 10.1. The third-order valence-corrected chi connectivity index (χ3v) is 5.14. The van der Waals surface area contributed by atoms with Crippen LogP contribution < -0.4 is 5.56 Å². The number of rotatable bonds is 6. The summed E-state index contributed by atoms with van der Waals surface area (Å²) in [6.45, 7) is 6.18. The van der Waals surface area contributed by atoms with Crippen LogP contribution in [0.3, 0.4) is 0 Å². The molecule has 6 nitrogen and oxygen atoms in total. The first-order valence-corrected chi connectivity index (χ1v) is 9.75. The molecule has 2 aromatic heterocycles. The van der Waals surface area contributed by atoms with Crippen molar-refractivity contribution in [3.05, 3.63) is 82.7 Å². The fourth-order valence-electron chi connectivity index (χ4n) is 2.81. The predicted octanol–water partition coefficient (Wildman–Crippen LogP) is 4.16. The molecular formula is C21H18N4O2S. The number of hydrogen-bond donors (Lipinski definition) is 0. The molecule has 0 aliphatic rings. The lowest BCUT2D eigenvalue weighted by Crippen LogP contribution is -2.24. The lowest BCUT2D eigenvalue weighted by molar-refractivity contribution is 0.463. The number of aromatic nitrogens is 4. The van der Waals surface area contributed by atoms with E-state index >= 15 is 0 Å². The van der Waals surface area contributed by atoms with E-state index < -0.39 is 0 Å². The van der Waals surface area contributed by atoms with Gasteiger partial charge in [0.25, 0.3) is 16.7 Å². The molecule has 28 heavy (non-hydrogen) atoms. The van der Waals surface area contributed by atoms with Gasteiger partial charge in [0.1, 0.15) is 0 Å². The van der Waals surface area contributed by atoms with Crippen LogP contribution in [-0.2, 0) is 6.54 Å². The summed E-state index contributed by atoms with van der Waals surface area (Å²) >= 11 is 1.42. The average Bonchev–Trinajstić information content (AvgIpc) is 3.18. The second-order valence-corrected chi connectivity index (χ2v) is 7.39. The van der Waals surface area contributed by atoms with Crippen molar-refractivity contribution in [3.63, 3.8) is 0 Å². The number of nitrogens with zero attached hydrogens (tertiary/aromatic N) is 4. The molecule has 140 valence electrons. The standard InChI is InChI=1S/C21H18N4O2S/c1-14(2)13-28-21-23-22-19(27-21)18-16-10-6-7-11-17(16)20(26)25(24-18)12-15-8-4-3-5-9-15/h3-11H,1,12-13H2,2H3. The van der Waals surface area contributed by atoms with Crippen molar-refractivity contribution in [3.8, 4) is 11.6 Å². The normalized spacial score (nSPS) is 11.0. The number of thioether (sulfide) groups is 1. The van der Waals surface area contributed by atoms with Gasteiger partial charge in [0.05, 0.1) is 11.9 Å². The highest BCUT2D eigenvalue weighted by atomic mass is 32.2. The van der Waals surface area contributed by atoms with Crippen molar-refractivity contribution < 1.29 is 4.42 Å². The van der Waals surface area contributed by atoms with Gasteiger partial charge in [-0.15, -0.1) is 10.2 Å². The first kappa shape index (κ1) is 18.2. The van der Waals surface area contributed by atoms with Gasteiger partial charge in [-0.2, -0.15) is 5.10 Å². The maximum Gasteiger partial charge on any atom is 0.277 e. The zero-order valence-electron chi connectivity index (χ0n) is 15.3. The Morgan fingerprint density at radius 1 is 1.07 bits per heavy atom. The molecule has 0 radical (unpaired) electrons. The molecule has 0 spiro atoms. The van der Waals surface area contributed by atoms with Crippen LogP contribution in [0.25, 0.3) is 22.4 Å². The van der Waals surface area contributed by atoms with Gasteiger partial charge in [-0.1, -0.05) is 72.4 Å². The summed E-state index contributed by atoms with van der Waals surface area (Å²) in [5, 5.41) is 14.5. The van der Waals surface area contributed by atoms with E-state index in [2.05, 4.69) is 21.9 Å². The van der Waals surface area contributed by atoms with Crippen LogP contribution in [0.2, 0.25) is 0 Å². The SMILES string of the molecule is C=C(C)CSc1nnc(-c2nn(Cc3ccccc3)c(=O)c3ccccc23)o1. The summed E-state index contributed by atoms with van der Waals surface area (Å²) in [5.41, 5.74) is 2.35. The molecule has 0 aliphatic carbocycles. The van der Waals surface area contributed by atoms with Gasteiger partial charge < -0.3 is 4.42 Å². The number of fused-ring (bicyclic) bond motifs is 1. The molecule has 2 heterocycles. The van der Waals surface area contributed by atoms with Gasteiger partial charge in [0.2, 0.25) is 0 Å². The summed E-state index contributed by atoms with van der Waals surface area (Å²) in [6.07, 6.45) is 0. The Morgan fingerprint density at radius 3 is 2.54 bits per heavy atom. The van der Waals surface area contributed by atoms with Crippen molar-refractivity contribution in [2.24, 2.45) is 0 Å². The smallest absolute Gasteiger partial charge is 0.277 e. The maximum absolute atomic E-state index is 12.9. The van der Waals surface area contributed by atoms with Crippen LogP contribution in [0.4, 0.5) is 0 Å². The van der Waals surface area contributed by atoms with E-state index in [1.54, 1.807) is 6.07 Å². The van der Waals surface area contributed by atoms with Gasteiger partial charge in [-0.25, -0.2) is 4.68 Å². The quantitative estimate of drug-likeness (QED) is 0.363. The minimum atomic E-state index is -0.153. The molecule has 4 aromatic rings. The Hall–Kier alpha value is -3.19. The Morgan fingerprint density at radius 2 is 1.79 bits per heavy atom. The molecule has 2 aromatic carbocycles. The van der Waals surface area contributed by atoms with Gasteiger partial charge in [-0.3, -0.25) is 4.79 Å². The topological polar surface area (TPSA) is 73.8 Å². The van der Waals surface area contributed by atoms with Crippen molar-refractivity contribution in [1.82, 2.24) is 20.0 Å². The van der Waals surface area contributed by atoms with Gasteiger partial charge in [-0.05, 0) is 18.6 Å². The Kier molecular flexibility index (Phi) is 5.08. The van der Waals surface area contributed by atoms with Gasteiger partial charge in [0.15, 0.2) is 5.69 Å². The molecule has 0 unspecified atom stereocenters. The van der Waals surface area contributed by atoms with Crippen molar-refractivity contribution in [2.45, 2.75) is 18.7 Å². The molecule has 0 aliphatic heterocycles. The molecule has 0 N–H and O–H groups in total. The fraction of sp³-hybridized carbons (Fsp3) is 0.143. The van der Waals surface area contributed by atoms with Crippen molar-refractivity contribution >= 4 is 22.5 Å². The zero-order chi connectivity index (χ0) is 19.5. The van der Waals surface area contributed by atoms with E-state index in [0.29, 0.717) is 39.9 Å². The highest BCUT2D eigenvalue weighted by molar-refractivity contribution is 7.99. The first-order valence-electron chi connectivity index (χ1n) is 8.76. The van der Waals surface area contributed by atoms with Crippen molar-refractivity contribution in [2.75, 3.05) is 5.75 Å². The zero-order valence-corrected chi connectivity index (χ0v) is 16.1. The first-order chi connectivity index (χ1) is 13.6. The second-order valence-electron chi connectivity index (χ2n) is 6.46. The Labute approximate surface area is 165 Å². The van der Waals surface area contributed by atoms with Gasteiger partial charge >= 0.3 is 0 Å². The maximum atomic E-state index is 12.9. The van der Waals surface area contributed by atoms with E-state index in [1.807, 2.05) is 55.5 Å². The second kappa shape index (κ2) is 7.82. The molecular weight excluding hydrogens is 372 g/mol. The largest absolute Gasteiger partial charge is 0.409 e.